The SMILES string of the molecule is CC(C)OC(=O)/C=C/CC[C@@H](C)O[C@@H]1OC(C)[C@H](O)C[C@@H]1O. The summed E-state index contributed by atoms with van der Waals surface area (Å²) in [4.78, 5) is 11.3. The molecule has 0 bridgehead atoms. The van der Waals surface area contributed by atoms with E-state index in [0.717, 1.165) is 0 Å². The Hall–Kier alpha value is -0.950. The number of ether oxygens (including phenoxy) is 3. The molecule has 2 N–H and O–H groups in total. The van der Waals surface area contributed by atoms with Crippen LogP contribution >= 0.6 is 0 Å². The lowest BCUT2D eigenvalue weighted by atomic mass is 10.0. The molecule has 0 amide bonds. The van der Waals surface area contributed by atoms with Crippen LogP contribution in [0.4, 0.5) is 0 Å². The van der Waals surface area contributed by atoms with Crippen LogP contribution in [0.25, 0.3) is 0 Å². The molecule has 0 spiro atoms. The number of aliphatic hydroxyl groups excluding tert-OH is 2. The van der Waals surface area contributed by atoms with Gasteiger partial charge >= 0.3 is 5.97 Å². The van der Waals surface area contributed by atoms with Gasteiger partial charge in [-0.05, 0) is 40.5 Å². The van der Waals surface area contributed by atoms with Gasteiger partial charge in [0.2, 0.25) is 0 Å². The van der Waals surface area contributed by atoms with E-state index < -0.39 is 18.5 Å². The molecule has 128 valence electrons. The van der Waals surface area contributed by atoms with Gasteiger partial charge in [0.1, 0.15) is 6.10 Å². The fourth-order valence-corrected chi connectivity index (χ4v) is 2.14. The molecule has 5 atom stereocenters. The van der Waals surface area contributed by atoms with Crippen molar-refractivity contribution in [2.24, 2.45) is 0 Å². The number of hydrogen-bond donors (Lipinski definition) is 2. The Labute approximate surface area is 132 Å². The first-order valence-corrected chi connectivity index (χ1v) is 7.83. The zero-order valence-electron chi connectivity index (χ0n) is 13.8. The predicted octanol–water partition coefficient (Wildman–Crippen LogP) is 1.54. The fraction of sp³-hybridized carbons (Fsp3) is 0.812. The van der Waals surface area contributed by atoms with Crippen molar-refractivity contribution < 1.29 is 29.2 Å². The molecule has 0 aromatic heterocycles. The van der Waals surface area contributed by atoms with Crippen molar-refractivity contribution in [3.8, 4) is 0 Å². The highest BCUT2D eigenvalue weighted by molar-refractivity contribution is 5.81. The van der Waals surface area contributed by atoms with Crippen molar-refractivity contribution in [2.45, 2.75) is 83.8 Å². The topological polar surface area (TPSA) is 85.2 Å². The lowest BCUT2D eigenvalue weighted by Gasteiger charge is -2.36. The van der Waals surface area contributed by atoms with Crippen molar-refractivity contribution >= 4 is 5.97 Å². The highest BCUT2D eigenvalue weighted by Crippen LogP contribution is 2.22. The number of hydrogen-bond acceptors (Lipinski definition) is 6. The van der Waals surface area contributed by atoms with E-state index in [-0.39, 0.29) is 30.7 Å². The van der Waals surface area contributed by atoms with Crippen molar-refractivity contribution in [3.63, 3.8) is 0 Å². The van der Waals surface area contributed by atoms with Crippen LogP contribution in [0.15, 0.2) is 12.2 Å². The van der Waals surface area contributed by atoms with Crippen LogP contribution in [0.2, 0.25) is 0 Å². The molecular formula is C16H28O6. The lowest BCUT2D eigenvalue weighted by molar-refractivity contribution is -0.273. The zero-order chi connectivity index (χ0) is 16.7. The van der Waals surface area contributed by atoms with Crippen molar-refractivity contribution in [3.05, 3.63) is 12.2 Å². The average Bonchev–Trinajstić information content (AvgIpc) is 2.40. The summed E-state index contributed by atoms with van der Waals surface area (Å²) in [5.74, 6) is -0.350. The maximum Gasteiger partial charge on any atom is 0.330 e. The number of esters is 1. The summed E-state index contributed by atoms with van der Waals surface area (Å²) in [7, 11) is 0. The first-order valence-electron chi connectivity index (χ1n) is 7.83. The van der Waals surface area contributed by atoms with E-state index in [2.05, 4.69) is 0 Å². The van der Waals surface area contributed by atoms with Crippen LogP contribution in [0.3, 0.4) is 0 Å². The molecule has 1 unspecified atom stereocenters. The van der Waals surface area contributed by atoms with Crippen molar-refractivity contribution in [1.29, 1.82) is 0 Å². The maximum atomic E-state index is 11.3. The smallest absolute Gasteiger partial charge is 0.330 e. The minimum absolute atomic E-state index is 0.123. The quantitative estimate of drug-likeness (QED) is 0.547. The third-order valence-electron chi connectivity index (χ3n) is 3.40. The van der Waals surface area contributed by atoms with Gasteiger partial charge in [0.15, 0.2) is 6.29 Å². The number of rotatable bonds is 7. The second-order valence-corrected chi connectivity index (χ2v) is 5.99. The Bertz CT molecular complexity index is 368. The Morgan fingerprint density at radius 3 is 2.64 bits per heavy atom. The largest absolute Gasteiger partial charge is 0.460 e. The first-order chi connectivity index (χ1) is 10.3. The molecule has 1 heterocycles. The van der Waals surface area contributed by atoms with Gasteiger partial charge in [-0.15, -0.1) is 0 Å². The third-order valence-corrected chi connectivity index (χ3v) is 3.40. The number of carbonyl (C=O) groups is 1. The first kappa shape index (κ1) is 19.1. The Balaban J connectivity index is 2.27. The summed E-state index contributed by atoms with van der Waals surface area (Å²) in [5.41, 5.74) is 0. The average molecular weight is 316 g/mol. The van der Waals surface area contributed by atoms with Crippen LogP contribution < -0.4 is 0 Å². The molecule has 0 saturated carbocycles. The minimum Gasteiger partial charge on any atom is -0.460 e. The van der Waals surface area contributed by atoms with Gasteiger partial charge in [0, 0.05) is 12.5 Å². The van der Waals surface area contributed by atoms with Gasteiger partial charge in [-0.2, -0.15) is 0 Å². The third kappa shape index (κ3) is 6.87. The standard InChI is InChI=1S/C16H28O6/c1-10(2)20-15(19)8-6-5-7-11(3)21-16-14(18)9-13(17)12(4)22-16/h6,8,10-14,16-18H,5,7,9H2,1-4H3/b8-6+/t11-,12?,13-,14+,16-/m1/s1. The van der Waals surface area contributed by atoms with Crippen LogP contribution in [-0.2, 0) is 19.0 Å². The Kier molecular flexibility index (Phi) is 8.03. The molecule has 6 nitrogen and oxygen atoms in total. The zero-order valence-corrected chi connectivity index (χ0v) is 13.8. The minimum atomic E-state index is -0.829. The van der Waals surface area contributed by atoms with E-state index in [9.17, 15) is 15.0 Å². The van der Waals surface area contributed by atoms with Gasteiger partial charge in [-0.1, -0.05) is 6.08 Å². The highest BCUT2D eigenvalue weighted by Gasteiger charge is 2.35. The number of aliphatic hydroxyl groups is 2. The molecule has 1 saturated heterocycles. The maximum absolute atomic E-state index is 11.3. The van der Waals surface area contributed by atoms with Gasteiger partial charge in [0.05, 0.1) is 24.4 Å². The summed E-state index contributed by atoms with van der Waals surface area (Å²) in [6.07, 6.45) is 1.94. The van der Waals surface area contributed by atoms with E-state index in [1.807, 2.05) is 6.92 Å². The Morgan fingerprint density at radius 2 is 2.00 bits per heavy atom. The van der Waals surface area contributed by atoms with E-state index in [0.29, 0.717) is 12.8 Å². The summed E-state index contributed by atoms with van der Waals surface area (Å²) >= 11 is 0. The second-order valence-electron chi connectivity index (χ2n) is 5.99. The van der Waals surface area contributed by atoms with Crippen LogP contribution in [0.1, 0.15) is 47.0 Å². The molecule has 1 fully saturated rings. The van der Waals surface area contributed by atoms with E-state index in [1.54, 1.807) is 26.8 Å². The van der Waals surface area contributed by atoms with E-state index in [4.69, 9.17) is 14.2 Å². The van der Waals surface area contributed by atoms with Crippen molar-refractivity contribution in [1.82, 2.24) is 0 Å². The molecule has 1 rings (SSSR count). The molecule has 6 heteroatoms. The fourth-order valence-electron chi connectivity index (χ4n) is 2.14. The summed E-state index contributed by atoms with van der Waals surface area (Å²) in [5, 5.41) is 19.4. The van der Waals surface area contributed by atoms with E-state index >= 15 is 0 Å². The number of allylic oxidation sites excluding steroid dienone is 1. The molecule has 1 aliphatic heterocycles. The van der Waals surface area contributed by atoms with Gasteiger partial charge in [-0.25, -0.2) is 4.79 Å². The van der Waals surface area contributed by atoms with Gasteiger partial charge in [0.25, 0.3) is 0 Å². The number of carbonyl (C=O) groups excluding carboxylic acids is 1. The van der Waals surface area contributed by atoms with Crippen LogP contribution in [-0.4, -0.2) is 53.0 Å². The van der Waals surface area contributed by atoms with Crippen LogP contribution in [0, 0.1) is 0 Å². The molecule has 0 radical (unpaired) electrons. The summed E-state index contributed by atoms with van der Waals surface area (Å²) in [6, 6.07) is 0. The van der Waals surface area contributed by atoms with Gasteiger partial charge < -0.3 is 24.4 Å². The normalized spacial score (nSPS) is 30.7. The molecule has 0 aliphatic carbocycles. The Morgan fingerprint density at radius 1 is 1.32 bits per heavy atom. The molecule has 1 aliphatic rings. The van der Waals surface area contributed by atoms with Crippen molar-refractivity contribution in [2.75, 3.05) is 0 Å². The molecule has 0 aromatic rings. The summed E-state index contributed by atoms with van der Waals surface area (Å²) < 4.78 is 16.1. The monoisotopic (exact) mass is 316 g/mol. The second kappa shape index (κ2) is 9.25. The van der Waals surface area contributed by atoms with Crippen LogP contribution in [0.5, 0.6) is 0 Å². The lowest BCUT2D eigenvalue weighted by Crippen LogP contribution is -2.48. The molecule has 22 heavy (non-hydrogen) atoms. The molecule has 0 aromatic carbocycles. The molecular weight excluding hydrogens is 288 g/mol. The van der Waals surface area contributed by atoms with E-state index in [1.165, 1.54) is 6.08 Å². The van der Waals surface area contributed by atoms with Gasteiger partial charge in [-0.3, -0.25) is 0 Å². The highest BCUT2D eigenvalue weighted by atomic mass is 16.7. The summed E-state index contributed by atoms with van der Waals surface area (Å²) in [6.45, 7) is 7.23. The predicted molar refractivity (Wildman–Crippen MR) is 81.1 cm³/mol.